The maximum atomic E-state index is 11.6. The Kier molecular flexibility index (Phi) is 4.52. The summed E-state index contributed by atoms with van der Waals surface area (Å²) in [5, 5.41) is 2.38. The third kappa shape index (κ3) is 4.00. The summed E-state index contributed by atoms with van der Waals surface area (Å²) in [4.78, 5) is 24.5. The van der Waals surface area contributed by atoms with Gasteiger partial charge in [-0.2, -0.15) is 0 Å². The van der Waals surface area contributed by atoms with E-state index in [1.165, 1.54) is 11.1 Å². The minimum Gasteiger partial charge on any atom is -0.354 e. The molecule has 1 aliphatic rings. The van der Waals surface area contributed by atoms with Crippen LogP contribution in [-0.2, 0) is 9.59 Å². The van der Waals surface area contributed by atoms with Crippen molar-refractivity contribution in [1.29, 1.82) is 0 Å². The molecule has 1 aliphatic heterocycles. The molecule has 1 rings (SSSR count). The van der Waals surface area contributed by atoms with Crippen molar-refractivity contribution in [1.82, 2.24) is 10.2 Å². The van der Waals surface area contributed by atoms with Gasteiger partial charge < -0.3 is 23.9 Å². The van der Waals surface area contributed by atoms with Gasteiger partial charge in [0, 0.05) is 13.1 Å². The Hall–Kier alpha value is -1.09. The Morgan fingerprint density at radius 1 is 1.59 bits per heavy atom. The van der Waals surface area contributed by atoms with E-state index in [4.69, 9.17) is 13.7 Å². The highest BCUT2D eigenvalue weighted by Gasteiger charge is 2.35. The number of rotatable bonds is 5. The second-order valence-electron chi connectivity index (χ2n) is 3.68. The Morgan fingerprint density at radius 3 is 2.71 bits per heavy atom. The van der Waals surface area contributed by atoms with Crippen LogP contribution < -0.4 is 5.32 Å². The topological polar surface area (TPSA) is 110 Å². The van der Waals surface area contributed by atoms with Crippen LogP contribution in [0.15, 0.2) is 12.8 Å². The quantitative estimate of drug-likeness (QED) is 0.534. The molecule has 7 nitrogen and oxygen atoms in total. The molecule has 1 saturated heterocycles. The highest BCUT2D eigenvalue weighted by Crippen LogP contribution is 2.31. The summed E-state index contributed by atoms with van der Waals surface area (Å²) in [7, 11) is -3.60. The van der Waals surface area contributed by atoms with Gasteiger partial charge in [-0.1, -0.05) is 6.58 Å². The number of nitrogens with zero attached hydrogens (tertiary/aromatic N) is 1. The molecule has 2 amide bonds. The normalized spacial score (nSPS) is 21.5. The van der Waals surface area contributed by atoms with Crippen molar-refractivity contribution < 1.29 is 23.2 Å². The summed E-state index contributed by atoms with van der Waals surface area (Å²) in [6.07, 6.45) is 1.78. The lowest BCUT2D eigenvalue weighted by molar-refractivity contribution is -0.136. The molecule has 0 aliphatic carbocycles. The summed E-state index contributed by atoms with van der Waals surface area (Å²) in [6.45, 7) is 3.83. The Labute approximate surface area is 101 Å². The summed E-state index contributed by atoms with van der Waals surface area (Å²) < 4.78 is 26.0. The van der Waals surface area contributed by atoms with E-state index in [2.05, 4.69) is 11.9 Å². The zero-order chi connectivity index (χ0) is 13.1. The largest absolute Gasteiger partial charge is 0.354 e. The lowest BCUT2D eigenvalue weighted by Gasteiger charge is -2.19. The molecule has 0 bridgehead atoms. The second kappa shape index (κ2) is 5.50. The minimum atomic E-state index is -3.60. The van der Waals surface area contributed by atoms with Gasteiger partial charge in [-0.15, -0.1) is 0 Å². The number of amides is 2. The Balaban J connectivity index is 2.39. The maximum Gasteiger partial charge on any atom is 0.239 e. The molecule has 0 spiro atoms. The fraction of sp³-hybridized carbons (Fsp3) is 0.556. The first-order chi connectivity index (χ1) is 7.85. The molecule has 1 atom stereocenters. The molecule has 1 unspecified atom stereocenters. The molecule has 98 valence electrons. The highest BCUT2D eigenvalue weighted by atomic mass is 32.3. The molecule has 1 heterocycles. The van der Waals surface area contributed by atoms with E-state index in [1.807, 2.05) is 0 Å². The van der Waals surface area contributed by atoms with Crippen LogP contribution in [0.1, 0.15) is 6.42 Å². The molecule has 1 fully saturated rings. The van der Waals surface area contributed by atoms with E-state index in [0.717, 1.165) is 0 Å². The van der Waals surface area contributed by atoms with Crippen molar-refractivity contribution in [3.05, 3.63) is 12.8 Å². The maximum absolute atomic E-state index is 11.6. The summed E-state index contributed by atoms with van der Waals surface area (Å²) >= 11 is 0. The van der Waals surface area contributed by atoms with E-state index in [-0.39, 0.29) is 18.2 Å². The molecular weight excluding hydrogens is 248 g/mol. The van der Waals surface area contributed by atoms with Crippen molar-refractivity contribution in [2.75, 3.05) is 18.8 Å². The number of likely N-dealkylation sites (tertiary alicyclic amines) is 1. The Morgan fingerprint density at radius 2 is 2.24 bits per heavy atom. The number of nitrogens with one attached hydrogen (secondary N) is 1. The zero-order valence-corrected chi connectivity index (χ0v) is 10.0. The van der Waals surface area contributed by atoms with Gasteiger partial charge in [-0.05, 0) is 12.6 Å². The summed E-state index contributed by atoms with van der Waals surface area (Å²) in [5.41, 5.74) is 0. The molecule has 0 aromatic heterocycles. The third-order valence-electron chi connectivity index (χ3n) is 2.45. The average Bonchev–Trinajstić information content (AvgIpc) is 2.57. The molecule has 0 radical (unpaired) electrons. The first kappa shape index (κ1) is 14.0. The molecule has 17 heavy (non-hydrogen) atoms. The van der Waals surface area contributed by atoms with Crippen LogP contribution >= 0.6 is 10.9 Å². The first-order valence-corrected chi connectivity index (χ1v) is 6.71. The highest BCUT2D eigenvalue weighted by molar-refractivity contribution is 8.19. The van der Waals surface area contributed by atoms with Gasteiger partial charge in [0.15, 0.2) is 0 Å². The van der Waals surface area contributed by atoms with Crippen molar-refractivity contribution in [3.8, 4) is 0 Å². The van der Waals surface area contributed by atoms with Crippen LogP contribution in [0.2, 0.25) is 0 Å². The SMILES string of the molecule is C=CN1CCC(C(=O)NCCS(O)(O)O)C1=O. The number of carbonyl (C=O) groups excluding carboxylic acids is 2. The van der Waals surface area contributed by atoms with Gasteiger partial charge in [-0.25, -0.2) is 0 Å². The first-order valence-electron chi connectivity index (χ1n) is 5.04. The molecule has 0 aromatic carbocycles. The summed E-state index contributed by atoms with van der Waals surface area (Å²) in [5.74, 6) is -1.88. The van der Waals surface area contributed by atoms with E-state index in [9.17, 15) is 9.59 Å². The second-order valence-corrected chi connectivity index (χ2v) is 5.36. The summed E-state index contributed by atoms with van der Waals surface area (Å²) in [6, 6.07) is 0. The van der Waals surface area contributed by atoms with Gasteiger partial charge in [-0.3, -0.25) is 9.59 Å². The van der Waals surface area contributed by atoms with E-state index in [0.29, 0.717) is 13.0 Å². The molecular formula is C9H16N2O5S. The van der Waals surface area contributed by atoms with Gasteiger partial charge in [0.2, 0.25) is 11.8 Å². The van der Waals surface area contributed by atoms with Crippen molar-refractivity contribution in [2.45, 2.75) is 6.42 Å². The number of hydrogen-bond donors (Lipinski definition) is 4. The van der Waals surface area contributed by atoms with Crippen molar-refractivity contribution >= 4 is 22.7 Å². The predicted molar refractivity (Wildman–Crippen MR) is 63.4 cm³/mol. The van der Waals surface area contributed by atoms with Crippen LogP contribution in [0, 0.1) is 5.92 Å². The van der Waals surface area contributed by atoms with Crippen molar-refractivity contribution in [2.24, 2.45) is 5.92 Å². The van der Waals surface area contributed by atoms with Gasteiger partial charge in [0.25, 0.3) is 0 Å². The molecule has 0 aromatic rings. The predicted octanol–water partition coefficient (Wildman–Crippen LogP) is 0.318. The average molecular weight is 264 g/mol. The molecule has 4 N–H and O–H groups in total. The van der Waals surface area contributed by atoms with Crippen LogP contribution in [0.25, 0.3) is 0 Å². The van der Waals surface area contributed by atoms with E-state index < -0.39 is 22.7 Å². The monoisotopic (exact) mass is 264 g/mol. The smallest absolute Gasteiger partial charge is 0.239 e. The fourth-order valence-electron chi connectivity index (χ4n) is 1.56. The molecule has 0 saturated carbocycles. The standard InChI is InChI=1S/C9H16N2O5S/c1-2-11-5-3-7(9(11)13)8(12)10-4-6-17(14,15)16/h2,7,14-16H,1,3-6H2,(H,10,12). The zero-order valence-electron chi connectivity index (χ0n) is 9.20. The van der Waals surface area contributed by atoms with Crippen molar-refractivity contribution in [3.63, 3.8) is 0 Å². The Bertz CT molecular complexity index is 328. The van der Waals surface area contributed by atoms with Crippen LogP contribution in [0.4, 0.5) is 0 Å². The van der Waals surface area contributed by atoms with Crippen LogP contribution in [0.3, 0.4) is 0 Å². The van der Waals surface area contributed by atoms with Gasteiger partial charge >= 0.3 is 0 Å². The van der Waals surface area contributed by atoms with Gasteiger partial charge in [0.1, 0.15) is 5.92 Å². The van der Waals surface area contributed by atoms with Crippen LogP contribution in [0.5, 0.6) is 0 Å². The fourth-order valence-corrected chi connectivity index (χ4v) is 1.94. The third-order valence-corrected chi connectivity index (χ3v) is 3.20. The lowest BCUT2D eigenvalue weighted by Crippen LogP contribution is -2.37. The lowest BCUT2D eigenvalue weighted by atomic mass is 10.1. The van der Waals surface area contributed by atoms with E-state index >= 15 is 0 Å². The number of hydrogen-bond acceptors (Lipinski definition) is 5. The van der Waals surface area contributed by atoms with Gasteiger partial charge in [0.05, 0.1) is 16.6 Å². The number of carbonyl (C=O) groups is 2. The minimum absolute atomic E-state index is 0.0878. The van der Waals surface area contributed by atoms with E-state index in [1.54, 1.807) is 0 Å². The van der Waals surface area contributed by atoms with Crippen LogP contribution in [-0.4, -0.2) is 49.2 Å². The molecule has 8 heteroatoms.